The molecule has 1 aliphatic rings. The van der Waals surface area contributed by atoms with Crippen molar-refractivity contribution >= 4 is 11.6 Å². The van der Waals surface area contributed by atoms with Crippen molar-refractivity contribution in [3.05, 3.63) is 24.0 Å². The molecular weight excluding hydrogens is 266 g/mol. The van der Waals surface area contributed by atoms with Gasteiger partial charge in [-0.15, -0.1) is 0 Å². The Bertz CT molecular complexity index is 477. The molecule has 1 aromatic heterocycles. The number of nitrogens with two attached hydrogens (primary N) is 1. The Morgan fingerprint density at radius 2 is 2.14 bits per heavy atom. The molecule has 1 aliphatic heterocycles. The molecule has 0 saturated carbocycles. The standard InChI is InChI=1S/C15H25N5O/c1-18(2)15(21)14-12-13(4-6-17-14)20-8-3-7-19(9-5-16)10-11-20/h4,6,12H,3,5,7-11,16H2,1-2H3. The van der Waals surface area contributed by atoms with Gasteiger partial charge in [-0.25, -0.2) is 0 Å². The van der Waals surface area contributed by atoms with Crippen LogP contribution in [0.1, 0.15) is 16.9 Å². The fraction of sp³-hybridized carbons (Fsp3) is 0.600. The third-order valence-corrected chi connectivity index (χ3v) is 3.77. The molecular formula is C15H25N5O. The first-order valence-electron chi connectivity index (χ1n) is 7.47. The van der Waals surface area contributed by atoms with Crippen molar-refractivity contribution in [1.29, 1.82) is 0 Å². The van der Waals surface area contributed by atoms with Gasteiger partial charge in [0, 0.05) is 58.7 Å². The van der Waals surface area contributed by atoms with E-state index in [4.69, 9.17) is 5.73 Å². The molecule has 0 unspecified atom stereocenters. The maximum Gasteiger partial charge on any atom is 0.272 e. The SMILES string of the molecule is CN(C)C(=O)c1cc(N2CCCN(CCN)CC2)ccn1. The van der Waals surface area contributed by atoms with Crippen molar-refractivity contribution < 1.29 is 4.79 Å². The number of pyridine rings is 1. The first-order valence-corrected chi connectivity index (χ1v) is 7.47. The van der Waals surface area contributed by atoms with Crippen LogP contribution in [-0.4, -0.2) is 74.1 Å². The smallest absolute Gasteiger partial charge is 0.272 e. The normalized spacial score (nSPS) is 16.6. The van der Waals surface area contributed by atoms with E-state index in [1.807, 2.05) is 12.1 Å². The van der Waals surface area contributed by atoms with Crippen LogP contribution in [0.15, 0.2) is 18.3 Å². The van der Waals surface area contributed by atoms with Gasteiger partial charge in [-0.2, -0.15) is 0 Å². The molecule has 2 N–H and O–H groups in total. The highest BCUT2D eigenvalue weighted by molar-refractivity contribution is 5.92. The molecule has 0 aromatic carbocycles. The van der Waals surface area contributed by atoms with E-state index in [9.17, 15) is 4.79 Å². The zero-order valence-corrected chi connectivity index (χ0v) is 13.0. The predicted molar refractivity (Wildman–Crippen MR) is 84.6 cm³/mol. The predicted octanol–water partition coefficient (Wildman–Crippen LogP) is 0.254. The molecule has 0 atom stereocenters. The first-order chi connectivity index (χ1) is 10.1. The molecule has 116 valence electrons. The lowest BCUT2D eigenvalue weighted by Crippen LogP contribution is -2.34. The van der Waals surface area contributed by atoms with Crippen molar-refractivity contribution in [1.82, 2.24) is 14.8 Å². The van der Waals surface area contributed by atoms with Crippen LogP contribution in [0, 0.1) is 0 Å². The first kappa shape index (κ1) is 15.7. The Labute approximate surface area is 126 Å². The number of rotatable bonds is 4. The maximum absolute atomic E-state index is 12.0. The number of carbonyl (C=O) groups excluding carboxylic acids is 1. The van der Waals surface area contributed by atoms with Crippen LogP contribution < -0.4 is 10.6 Å². The number of hydrogen-bond donors (Lipinski definition) is 1. The fourth-order valence-corrected chi connectivity index (χ4v) is 2.60. The summed E-state index contributed by atoms with van der Waals surface area (Å²) in [6.07, 6.45) is 2.83. The van der Waals surface area contributed by atoms with Gasteiger partial charge in [0.25, 0.3) is 5.91 Å². The Hall–Kier alpha value is -1.66. The van der Waals surface area contributed by atoms with Crippen molar-refractivity contribution in [3.8, 4) is 0 Å². The monoisotopic (exact) mass is 291 g/mol. The van der Waals surface area contributed by atoms with E-state index in [-0.39, 0.29) is 5.91 Å². The largest absolute Gasteiger partial charge is 0.370 e. The Balaban J connectivity index is 2.08. The minimum atomic E-state index is -0.0589. The third-order valence-electron chi connectivity index (χ3n) is 3.77. The number of amides is 1. The molecule has 1 amide bonds. The topological polar surface area (TPSA) is 65.7 Å². The molecule has 0 bridgehead atoms. The van der Waals surface area contributed by atoms with E-state index in [0.717, 1.165) is 44.8 Å². The van der Waals surface area contributed by atoms with Gasteiger partial charge in [0.15, 0.2) is 0 Å². The van der Waals surface area contributed by atoms with E-state index < -0.39 is 0 Å². The van der Waals surface area contributed by atoms with Crippen LogP contribution in [0.3, 0.4) is 0 Å². The molecule has 1 fully saturated rings. The molecule has 21 heavy (non-hydrogen) atoms. The number of anilines is 1. The highest BCUT2D eigenvalue weighted by Gasteiger charge is 2.16. The quantitative estimate of drug-likeness (QED) is 0.862. The van der Waals surface area contributed by atoms with E-state index in [2.05, 4.69) is 14.8 Å². The number of aromatic nitrogens is 1. The zero-order chi connectivity index (χ0) is 15.2. The molecule has 6 nitrogen and oxygen atoms in total. The van der Waals surface area contributed by atoms with E-state index in [1.54, 1.807) is 25.2 Å². The summed E-state index contributed by atoms with van der Waals surface area (Å²) in [7, 11) is 3.49. The van der Waals surface area contributed by atoms with Crippen molar-refractivity contribution in [2.24, 2.45) is 5.73 Å². The van der Waals surface area contributed by atoms with E-state index >= 15 is 0 Å². The lowest BCUT2D eigenvalue weighted by molar-refractivity contribution is 0.0822. The highest BCUT2D eigenvalue weighted by atomic mass is 16.2. The lowest BCUT2D eigenvalue weighted by atomic mass is 10.2. The molecule has 6 heteroatoms. The van der Waals surface area contributed by atoms with Crippen molar-refractivity contribution in [2.45, 2.75) is 6.42 Å². The van der Waals surface area contributed by atoms with E-state index in [0.29, 0.717) is 12.2 Å². The summed E-state index contributed by atoms with van der Waals surface area (Å²) in [5.74, 6) is -0.0589. The Morgan fingerprint density at radius 1 is 1.33 bits per heavy atom. The van der Waals surface area contributed by atoms with Crippen LogP contribution in [0.25, 0.3) is 0 Å². The maximum atomic E-state index is 12.0. The van der Waals surface area contributed by atoms with Gasteiger partial charge in [-0.1, -0.05) is 0 Å². The molecule has 1 saturated heterocycles. The van der Waals surface area contributed by atoms with Gasteiger partial charge in [0.05, 0.1) is 0 Å². The molecule has 2 heterocycles. The Morgan fingerprint density at radius 3 is 2.86 bits per heavy atom. The minimum Gasteiger partial charge on any atom is -0.370 e. The van der Waals surface area contributed by atoms with Crippen molar-refractivity contribution in [3.63, 3.8) is 0 Å². The average Bonchev–Trinajstić information content (AvgIpc) is 2.72. The summed E-state index contributed by atoms with van der Waals surface area (Å²) in [6, 6.07) is 3.87. The van der Waals surface area contributed by atoms with Gasteiger partial charge in [-0.05, 0) is 25.1 Å². The molecule has 0 radical (unpaired) electrons. The zero-order valence-electron chi connectivity index (χ0n) is 13.0. The second-order valence-electron chi connectivity index (χ2n) is 5.57. The van der Waals surface area contributed by atoms with Gasteiger partial charge >= 0.3 is 0 Å². The van der Waals surface area contributed by atoms with Crippen LogP contribution in [0.4, 0.5) is 5.69 Å². The summed E-state index contributed by atoms with van der Waals surface area (Å²) < 4.78 is 0. The fourth-order valence-electron chi connectivity index (χ4n) is 2.60. The van der Waals surface area contributed by atoms with Gasteiger partial charge in [-0.3, -0.25) is 9.78 Å². The molecule has 0 aliphatic carbocycles. The van der Waals surface area contributed by atoms with Crippen LogP contribution >= 0.6 is 0 Å². The summed E-state index contributed by atoms with van der Waals surface area (Å²) in [5, 5.41) is 0. The van der Waals surface area contributed by atoms with Crippen molar-refractivity contribution in [2.75, 3.05) is 58.3 Å². The molecule has 1 aromatic rings. The van der Waals surface area contributed by atoms with Crippen LogP contribution in [-0.2, 0) is 0 Å². The number of hydrogen-bond acceptors (Lipinski definition) is 5. The molecule has 0 spiro atoms. The average molecular weight is 291 g/mol. The van der Waals surface area contributed by atoms with Gasteiger partial charge < -0.3 is 20.4 Å². The minimum absolute atomic E-state index is 0.0589. The summed E-state index contributed by atoms with van der Waals surface area (Å²) in [5.41, 5.74) is 7.21. The van der Waals surface area contributed by atoms with Gasteiger partial charge in [0.2, 0.25) is 0 Å². The Kier molecular flexibility index (Phi) is 5.52. The summed E-state index contributed by atoms with van der Waals surface area (Å²) >= 11 is 0. The summed E-state index contributed by atoms with van der Waals surface area (Å²) in [6.45, 7) is 5.71. The second kappa shape index (κ2) is 7.38. The lowest BCUT2D eigenvalue weighted by Gasteiger charge is -2.24. The van der Waals surface area contributed by atoms with Crippen LogP contribution in [0.5, 0.6) is 0 Å². The highest BCUT2D eigenvalue weighted by Crippen LogP contribution is 2.17. The van der Waals surface area contributed by atoms with E-state index in [1.165, 1.54) is 0 Å². The number of carbonyl (C=O) groups is 1. The number of nitrogens with zero attached hydrogens (tertiary/aromatic N) is 4. The molecule has 2 rings (SSSR count). The second-order valence-corrected chi connectivity index (χ2v) is 5.57. The third kappa shape index (κ3) is 4.15. The van der Waals surface area contributed by atoms with Crippen LogP contribution in [0.2, 0.25) is 0 Å². The van der Waals surface area contributed by atoms with Gasteiger partial charge in [0.1, 0.15) is 5.69 Å². The summed E-state index contributed by atoms with van der Waals surface area (Å²) in [4.78, 5) is 22.5.